The van der Waals surface area contributed by atoms with Crippen molar-refractivity contribution in [1.82, 2.24) is 35.2 Å². The van der Waals surface area contributed by atoms with E-state index in [1.165, 1.54) is 0 Å². The van der Waals surface area contributed by atoms with Gasteiger partial charge < -0.3 is 9.64 Å². The van der Waals surface area contributed by atoms with Crippen molar-refractivity contribution >= 4 is 17.4 Å². The number of esters is 1. The number of carbonyl (C=O) groups is 1. The van der Waals surface area contributed by atoms with Gasteiger partial charge in [-0.05, 0) is 35.8 Å². The topological polar surface area (TPSA) is 114 Å². The lowest BCUT2D eigenvalue weighted by Crippen LogP contribution is -2.32. The maximum Gasteiger partial charge on any atom is 0.325 e. The zero-order chi connectivity index (χ0) is 24.2. The van der Waals surface area contributed by atoms with Gasteiger partial charge in [-0.15, -0.1) is 10.2 Å². The summed E-state index contributed by atoms with van der Waals surface area (Å²) in [5.41, 5.74) is 5.53. The van der Waals surface area contributed by atoms with E-state index in [1.807, 2.05) is 48.2 Å². The Labute approximate surface area is 201 Å². The van der Waals surface area contributed by atoms with Gasteiger partial charge in [-0.3, -0.25) is 4.79 Å². The molecule has 0 aliphatic heterocycles. The average Bonchev–Trinajstić information content (AvgIpc) is 3.56. The first kappa shape index (κ1) is 22.2. The standard InChI is InChI=1S/C25H24N8O2/c1-3-35-24(34)16-32(23-14-17(2)27-22-12-13-26-33(22)23)15-18-8-10-19(11-9-18)20-6-4-5-7-21(20)25-28-30-31-29-25/h4-14H,3,15-16H2,1-2H3,(H,28,29,30,31). The van der Waals surface area contributed by atoms with Crippen molar-refractivity contribution in [1.29, 1.82) is 0 Å². The Kier molecular flexibility index (Phi) is 6.16. The Bertz CT molecular complexity index is 1440. The first-order valence-corrected chi connectivity index (χ1v) is 11.3. The fourth-order valence-corrected chi connectivity index (χ4v) is 4.04. The number of aromatic nitrogens is 7. The Morgan fingerprint density at radius 1 is 1.09 bits per heavy atom. The summed E-state index contributed by atoms with van der Waals surface area (Å²) in [6.45, 7) is 4.64. The van der Waals surface area contributed by atoms with Crippen molar-refractivity contribution in [2.75, 3.05) is 18.1 Å². The van der Waals surface area contributed by atoms with Crippen LogP contribution in [0.4, 0.5) is 5.82 Å². The summed E-state index contributed by atoms with van der Waals surface area (Å²) in [6, 6.07) is 19.9. The molecule has 0 saturated carbocycles. The summed E-state index contributed by atoms with van der Waals surface area (Å²) in [6.07, 6.45) is 1.70. The van der Waals surface area contributed by atoms with Gasteiger partial charge in [0.15, 0.2) is 5.65 Å². The number of H-pyrrole nitrogens is 1. The number of ether oxygens (including phenoxy) is 1. The van der Waals surface area contributed by atoms with E-state index >= 15 is 0 Å². The molecule has 10 heteroatoms. The highest BCUT2D eigenvalue weighted by Gasteiger charge is 2.18. The lowest BCUT2D eigenvalue weighted by molar-refractivity contribution is -0.141. The van der Waals surface area contributed by atoms with Crippen LogP contribution in [0.2, 0.25) is 0 Å². The Balaban J connectivity index is 1.46. The summed E-state index contributed by atoms with van der Waals surface area (Å²) in [5, 5.41) is 18.8. The highest BCUT2D eigenvalue weighted by Crippen LogP contribution is 2.30. The number of aromatic amines is 1. The molecule has 0 spiro atoms. The first-order valence-electron chi connectivity index (χ1n) is 11.3. The smallest absolute Gasteiger partial charge is 0.325 e. The van der Waals surface area contributed by atoms with Gasteiger partial charge in [-0.2, -0.15) is 14.8 Å². The van der Waals surface area contributed by atoms with Crippen molar-refractivity contribution in [2.45, 2.75) is 20.4 Å². The Morgan fingerprint density at radius 2 is 1.89 bits per heavy atom. The fourth-order valence-electron chi connectivity index (χ4n) is 4.04. The van der Waals surface area contributed by atoms with E-state index in [2.05, 4.69) is 55.0 Å². The van der Waals surface area contributed by atoms with Crippen molar-refractivity contribution in [3.8, 4) is 22.5 Å². The molecule has 0 fully saturated rings. The molecule has 0 atom stereocenters. The van der Waals surface area contributed by atoms with Gasteiger partial charge in [0, 0.05) is 29.9 Å². The summed E-state index contributed by atoms with van der Waals surface area (Å²) in [5.74, 6) is 1.02. The van der Waals surface area contributed by atoms with E-state index in [-0.39, 0.29) is 12.5 Å². The number of tetrazole rings is 1. The monoisotopic (exact) mass is 468 g/mol. The van der Waals surface area contributed by atoms with Crippen molar-refractivity contribution in [3.63, 3.8) is 0 Å². The zero-order valence-corrected chi connectivity index (χ0v) is 19.4. The van der Waals surface area contributed by atoms with Gasteiger partial charge in [-0.25, -0.2) is 4.98 Å². The molecule has 0 aliphatic carbocycles. The summed E-state index contributed by atoms with van der Waals surface area (Å²) < 4.78 is 6.97. The second-order valence-electron chi connectivity index (χ2n) is 8.00. The number of hydrogen-bond acceptors (Lipinski definition) is 8. The van der Waals surface area contributed by atoms with Crippen molar-refractivity contribution in [2.24, 2.45) is 0 Å². The average molecular weight is 469 g/mol. The number of anilines is 1. The van der Waals surface area contributed by atoms with E-state index in [0.717, 1.165) is 39.4 Å². The molecule has 3 heterocycles. The second kappa shape index (κ2) is 9.72. The number of benzene rings is 2. The predicted octanol–water partition coefficient (Wildman–Crippen LogP) is 3.45. The number of aryl methyl sites for hydroxylation is 1. The Morgan fingerprint density at radius 3 is 2.63 bits per heavy atom. The lowest BCUT2D eigenvalue weighted by atomic mass is 9.98. The molecule has 0 bridgehead atoms. The van der Waals surface area contributed by atoms with Gasteiger partial charge >= 0.3 is 5.97 Å². The maximum absolute atomic E-state index is 12.4. The molecule has 3 aromatic heterocycles. The molecule has 0 saturated heterocycles. The number of nitrogens with zero attached hydrogens (tertiary/aromatic N) is 7. The number of fused-ring (bicyclic) bond motifs is 1. The van der Waals surface area contributed by atoms with Crippen LogP contribution in [0.15, 0.2) is 66.9 Å². The lowest BCUT2D eigenvalue weighted by Gasteiger charge is -2.24. The SMILES string of the molecule is CCOC(=O)CN(Cc1ccc(-c2ccccc2-c2nn[nH]n2)cc1)c1cc(C)nc2ccnn12. The highest BCUT2D eigenvalue weighted by molar-refractivity contribution is 5.80. The third-order valence-electron chi connectivity index (χ3n) is 5.57. The zero-order valence-electron chi connectivity index (χ0n) is 19.4. The molecule has 0 aliphatic rings. The molecule has 2 aromatic carbocycles. The fraction of sp³-hybridized carbons (Fsp3) is 0.200. The van der Waals surface area contributed by atoms with Crippen LogP contribution in [0, 0.1) is 6.92 Å². The van der Waals surface area contributed by atoms with E-state index in [4.69, 9.17) is 4.74 Å². The minimum atomic E-state index is -0.298. The van der Waals surface area contributed by atoms with Gasteiger partial charge in [0.1, 0.15) is 12.4 Å². The molecule has 1 N–H and O–H groups in total. The third-order valence-corrected chi connectivity index (χ3v) is 5.57. The van der Waals surface area contributed by atoms with Crippen LogP contribution in [0.3, 0.4) is 0 Å². The normalized spacial score (nSPS) is 11.0. The number of carbonyl (C=O) groups excluding carboxylic acids is 1. The van der Waals surface area contributed by atoms with Gasteiger partial charge in [0.05, 0.1) is 12.8 Å². The summed E-state index contributed by atoms with van der Waals surface area (Å²) >= 11 is 0. The molecule has 0 amide bonds. The third kappa shape index (κ3) is 4.72. The molecule has 0 radical (unpaired) electrons. The highest BCUT2D eigenvalue weighted by atomic mass is 16.5. The van der Waals surface area contributed by atoms with E-state index in [0.29, 0.717) is 19.0 Å². The minimum Gasteiger partial charge on any atom is -0.465 e. The van der Waals surface area contributed by atoms with Gasteiger partial charge in [0.25, 0.3) is 0 Å². The van der Waals surface area contributed by atoms with Crippen LogP contribution in [-0.4, -0.2) is 54.3 Å². The van der Waals surface area contributed by atoms with E-state index < -0.39 is 0 Å². The van der Waals surface area contributed by atoms with E-state index in [1.54, 1.807) is 17.6 Å². The van der Waals surface area contributed by atoms with E-state index in [9.17, 15) is 4.79 Å². The predicted molar refractivity (Wildman–Crippen MR) is 130 cm³/mol. The Hall–Kier alpha value is -4.60. The van der Waals surface area contributed by atoms with Crippen LogP contribution >= 0.6 is 0 Å². The largest absolute Gasteiger partial charge is 0.465 e. The molecule has 10 nitrogen and oxygen atoms in total. The van der Waals surface area contributed by atoms with Crippen LogP contribution in [0.1, 0.15) is 18.2 Å². The minimum absolute atomic E-state index is 0.0919. The van der Waals surface area contributed by atoms with Crippen LogP contribution in [0.5, 0.6) is 0 Å². The van der Waals surface area contributed by atoms with Crippen LogP contribution in [-0.2, 0) is 16.1 Å². The van der Waals surface area contributed by atoms with Gasteiger partial charge in [-0.1, -0.05) is 48.5 Å². The molecule has 0 unspecified atom stereocenters. The summed E-state index contributed by atoms with van der Waals surface area (Å²) in [7, 11) is 0. The molecule has 5 aromatic rings. The van der Waals surface area contributed by atoms with Gasteiger partial charge in [0.2, 0.25) is 5.82 Å². The van der Waals surface area contributed by atoms with Crippen LogP contribution < -0.4 is 4.90 Å². The maximum atomic E-state index is 12.4. The quantitative estimate of drug-likeness (QED) is 0.345. The molecule has 5 rings (SSSR count). The second-order valence-corrected chi connectivity index (χ2v) is 8.00. The number of hydrogen-bond donors (Lipinski definition) is 1. The first-order chi connectivity index (χ1) is 17.1. The number of rotatable bonds is 8. The molecular formula is C25H24N8O2. The number of nitrogens with one attached hydrogen (secondary N) is 1. The van der Waals surface area contributed by atoms with Crippen LogP contribution in [0.25, 0.3) is 28.2 Å². The summed E-state index contributed by atoms with van der Waals surface area (Å²) in [4.78, 5) is 18.9. The molecular weight excluding hydrogens is 444 g/mol. The molecule has 176 valence electrons. The van der Waals surface area contributed by atoms with Crippen molar-refractivity contribution in [3.05, 3.63) is 78.1 Å². The van der Waals surface area contributed by atoms with Crippen molar-refractivity contribution < 1.29 is 9.53 Å². The molecule has 35 heavy (non-hydrogen) atoms.